The first-order valence-corrected chi connectivity index (χ1v) is 5.69. The summed E-state index contributed by atoms with van der Waals surface area (Å²) in [7, 11) is -1.59. The summed E-state index contributed by atoms with van der Waals surface area (Å²) in [5.41, 5.74) is 5.84. The number of pyridine rings is 1. The fourth-order valence-electron chi connectivity index (χ4n) is 0.970. The van der Waals surface area contributed by atoms with Gasteiger partial charge in [0, 0.05) is 6.20 Å². The number of anilines is 1. The van der Waals surface area contributed by atoms with E-state index in [0.29, 0.717) is 0 Å². The molecule has 0 aliphatic carbocycles. The zero-order valence-electron chi connectivity index (χ0n) is 8.34. The van der Waals surface area contributed by atoms with E-state index in [2.05, 4.69) is 10.3 Å². The van der Waals surface area contributed by atoms with Crippen molar-refractivity contribution in [2.45, 2.75) is 5.03 Å². The molecule has 1 amide bonds. The Bertz CT molecular complexity index is 455. The van der Waals surface area contributed by atoms with Crippen LogP contribution < -0.4 is 11.1 Å². The molecule has 0 radical (unpaired) electrons. The van der Waals surface area contributed by atoms with Gasteiger partial charge in [0.15, 0.2) is 5.03 Å². The van der Waals surface area contributed by atoms with Gasteiger partial charge in [-0.2, -0.15) is 5.26 Å². The number of rotatable bonds is 4. The van der Waals surface area contributed by atoms with Gasteiger partial charge in [0.1, 0.15) is 12.3 Å². The molecule has 0 spiro atoms. The number of nitrogens with zero attached hydrogens (tertiary/aromatic N) is 2. The molecular formula is C9H10N4O2S. The summed E-state index contributed by atoms with van der Waals surface area (Å²) in [6.45, 7) is -0.103. The highest BCUT2D eigenvalue weighted by molar-refractivity contribution is 7.85. The molecule has 1 unspecified atom stereocenters. The summed E-state index contributed by atoms with van der Waals surface area (Å²) in [6.07, 6.45) is 1.46. The molecule has 16 heavy (non-hydrogen) atoms. The van der Waals surface area contributed by atoms with Crippen molar-refractivity contribution in [1.82, 2.24) is 10.3 Å². The maximum absolute atomic E-state index is 11.7. The second kappa shape index (κ2) is 5.82. The SMILES string of the molecule is N#CCNC(=O)CS(=O)c1ncccc1N. The van der Waals surface area contributed by atoms with Crippen LogP contribution in [0.2, 0.25) is 0 Å². The van der Waals surface area contributed by atoms with Gasteiger partial charge in [0.25, 0.3) is 0 Å². The molecule has 7 heteroatoms. The molecule has 1 aromatic heterocycles. The van der Waals surface area contributed by atoms with Gasteiger partial charge in [-0.05, 0) is 12.1 Å². The van der Waals surface area contributed by atoms with Gasteiger partial charge >= 0.3 is 0 Å². The van der Waals surface area contributed by atoms with Crippen LogP contribution in [0.15, 0.2) is 23.4 Å². The molecule has 6 nitrogen and oxygen atoms in total. The Morgan fingerprint density at radius 2 is 2.44 bits per heavy atom. The van der Waals surface area contributed by atoms with Crippen LogP contribution in [0.4, 0.5) is 5.69 Å². The summed E-state index contributed by atoms with van der Waals surface area (Å²) >= 11 is 0. The minimum absolute atomic E-state index is 0.103. The summed E-state index contributed by atoms with van der Waals surface area (Å²) in [5.74, 6) is -0.715. The summed E-state index contributed by atoms with van der Waals surface area (Å²) in [4.78, 5) is 15.0. The largest absolute Gasteiger partial charge is 0.396 e. The number of carbonyl (C=O) groups is 1. The summed E-state index contributed by atoms with van der Waals surface area (Å²) in [5, 5.41) is 10.7. The van der Waals surface area contributed by atoms with E-state index in [0.717, 1.165) is 0 Å². The van der Waals surface area contributed by atoms with Crippen LogP contribution >= 0.6 is 0 Å². The number of hydrogen-bond acceptors (Lipinski definition) is 5. The number of carbonyl (C=O) groups excluding carboxylic acids is 1. The molecule has 0 saturated carbocycles. The van der Waals surface area contributed by atoms with E-state index in [9.17, 15) is 9.00 Å². The van der Waals surface area contributed by atoms with E-state index in [1.165, 1.54) is 6.20 Å². The first-order valence-electron chi connectivity index (χ1n) is 4.37. The number of nitrogen functional groups attached to an aromatic ring is 1. The van der Waals surface area contributed by atoms with Gasteiger partial charge < -0.3 is 11.1 Å². The maximum Gasteiger partial charge on any atom is 0.233 e. The minimum atomic E-state index is -1.59. The predicted octanol–water partition coefficient (Wildman–Crippen LogP) is -0.589. The molecule has 1 heterocycles. The fourth-order valence-corrected chi connectivity index (χ4v) is 1.96. The van der Waals surface area contributed by atoms with Crippen molar-refractivity contribution in [3.8, 4) is 6.07 Å². The molecule has 0 fully saturated rings. The second-order valence-corrected chi connectivity index (χ2v) is 4.19. The molecule has 1 atom stereocenters. The van der Waals surface area contributed by atoms with E-state index < -0.39 is 16.7 Å². The molecule has 0 saturated heterocycles. The van der Waals surface area contributed by atoms with Crippen molar-refractivity contribution in [1.29, 1.82) is 5.26 Å². The third-order valence-corrected chi connectivity index (χ3v) is 2.94. The number of nitrogens with two attached hydrogens (primary N) is 1. The van der Waals surface area contributed by atoms with Crippen molar-refractivity contribution >= 4 is 22.4 Å². The van der Waals surface area contributed by atoms with Gasteiger partial charge in [-0.3, -0.25) is 9.00 Å². The van der Waals surface area contributed by atoms with E-state index >= 15 is 0 Å². The number of aromatic nitrogens is 1. The zero-order valence-corrected chi connectivity index (χ0v) is 9.16. The van der Waals surface area contributed by atoms with Crippen molar-refractivity contribution in [3.05, 3.63) is 18.3 Å². The number of nitrogens with one attached hydrogen (secondary N) is 1. The Balaban J connectivity index is 2.63. The lowest BCUT2D eigenvalue weighted by atomic mass is 10.4. The highest BCUT2D eigenvalue weighted by Crippen LogP contribution is 2.11. The Morgan fingerprint density at radius 1 is 1.69 bits per heavy atom. The van der Waals surface area contributed by atoms with E-state index in [-0.39, 0.29) is 23.0 Å². The van der Waals surface area contributed by atoms with Gasteiger partial charge in [-0.15, -0.1) is 0 Å². The van der Waals surface area contributed by atoms with Gasteiger partial charge in [0.05, 0.1) is 22.6 Å². The van der Waals surface area contributed by atoms with Gasteiger partial charge in [0.2, 0.25) is 5.91 Å². The van der Waals surface area contributed by atoms with Crippen LogP contribution in [0.25, 0.3) is 0 Å². The van der Waals surface area contributed by atoms with Crippen molar-refractivity contribution in [2.75, 3.05) is 18.0 Å². The van der Waals surface area contributed by atoms with Crippen molar-refractivity contribution in [3.63, 3.8) is 0 Å². The lowest BCUT2D eigenvalue weighted by Gasteiger charge is -2.03. The van der Waals surface area contributed by atoms with E-state index in [4.69, 9.17) is 11.0 Å². The molecule has 1 rings (SSSR count). The Labute approximate surface area is 94.9 Å². The molecule has 0 aliphatic rings. The van der Waals surface area contributed by atoms with Crippen LogP contribution in [0.3, 0.4) is 0 Å². The Morgan fingerprint density at radius 3 is 3.06 bits per heavy atom. The monoisotopic (exact) mass is 238 g/mol. The second-order valence-electron chi connectivity index (χ2n) is 2.82. The van der Waals surface area contributed by atoms with Crippen LogP contribution in [0, 0.1) is 11.3 Å². The zero-order chi connectivity index (χ0) is 12.0. The third-order valence-electron chi connectivity index (χ3n) is 1.64. The van der Waals surface area contributed by atoms with Gasteiger partial charge in [-0.1, -0.05) is 0 Å². The first-order chi connectivity index (χ1) is 7.65. The predicted molar refractivity (Wildman–Crippen MR) is 58.5 cm³/mol. The summed E-state index contributed by atoms with van der Waals surface area (Å²) < 4.78 is 11.7. The first kappa shape index (κ1) is 12.1. The van der Waals surface area contributed by atoms with Crippen molar-refractivity contribution < 1.29 is 9.00 Å². The number of nitriles is 1. The van der Waals surface area contributed by atoms with Gasteiger partial charge in [-0.25, -0.2) is 4.98 Å². The number of amides is 1. The van der Waals surface area contributed by atoms with Crippen LogP contribution in [0.5, 0.6) is 0 Å². The average Bonchev–Trinajstić information content (AvgIpc) is 2.26. The highest BCUT2D eigenvalue weighted by Gasteiger charge is 2.13. The Kier molecular flexibility index (Phi) is 4.42. The van der Waals surface area contributed by atoms with Crippen molar-refractivity contribution in [2.24, 2.45) is 0 Å². The fraction of sp³-hybridized carbons (Fsp3) is 0.222. The molecule has 0 aromatic carbocycles. The maximum atomic E-state index is 11.7. The smallest absolute Gasteiger partial charge is 0.233 e. The number of hydrogen-bond donors (Lipinski definition) is 2. The lowest BCUT2D eigenvalue weighted by molar-refractivity contribution is -0.118. The standard InChI is InChI=1S/C9H10N4O2S/c10-3-5-12-8(14)6-16(15)9-7(11)2-1-4-13-9/h1-2,4H,5-6,11H2,(H,12,14). The third kappa shape index (κ3) is 3.33. The molecular weight excluding hydrogens is 228 g/mol. The van der Waals surface area contributed by atoms with Crippen LogP contribution in [0.1, 0.15) is 0 Å². The Hall–Kier alpha value is -1.94. The molecule has 3 N–H and O–H groups in total. The minimum Gasteiger partial charge on any atom is -0.396 e. The molecule has 1 aromatic rings. The average molecular weight is 238 g/mol. The normalized spacial score (nSPS) is 11.4. The van der Waals surface area contributed by atoms with E-state index in [1.807, 2.05) is 0 Å². The van der Waals surface area contributed by atoms with Crippen LogP contribution in [-0.4, -0.2) is 27.4 Å². The highest BCUT2D eigenvalue weighted by atomic mass is 32.2. The quantitative estimate of drug-likeness (QED) is 0.681. The summed E-state index contributed by atoms with van der Waals surface area (Å²) in [6, 6.07) is 4.93. The molecule has 0 aliphatic heterocycles. The topological polar surface area (TPSA) is 109 Å². The van der Waals surface area contributed by atoms with Crippen LogP contribution in [-0.2, 0) is 15.6 Å². The molecule has 0 bridgehead atoms. The lowest BCUT2D eigenvalue weighted by Crippen LogP contribution is -2.28. The molecule has 84 valence electrons. The van der Waals surface area contributed by atoms with E-state index in [1.54, 1.807) is 18.2 Å².